The molecule has 1 saturated heterocycles. The predicted molar refractivity (Wildman–Crippen MR) is 121 cm³/mol. The molecule has 2 N–H and O–H groups in total. The number of halogens is 2. The van der Waals surface area contributed by atoms with Crippen molar-refractivity contribution in [3.05, 3.63) is 65.7 Å². The number of aliphatic imine (C=N–C) groups is 1. The number of pyridine rings is 1. The highest BCUT2D eigenvalue weighted by Gasteiger charge is 2.34. The van der Waals surface area contributed by atoms with Crippen molar-refractivity contribution in [3.63, 3.8) is 0 Å². The third-order valence-corrected chi connectivity index (χ3v) is 5.12. The van der Waals surface area contributed by atoms with E-state index in [4.69, 9.17) is 4.74 Å². The first kappa shape index (κ1) is 22.5. The van der Waals surface area contributed by atoms with Gasteiger partial charge in [-0.3, -0.25) is 9.98 Å². The number of nitrogens with one attached hydrogen (secondary N) is 2. The molecular weight excluding hydrogens is 470 g/mol. The Morgan fingerprint density at radius 3 is 2.54 bits per heavy atom. The van der Waals surface area contributed by atoms with E-state index in [-0.39, 0.29) is 35.2 Å². The number of aromatic nitrogens is 1. The number of benzene rings is 1. The standard InChI is InChI=1S/C21H27FN4O.HI/c1-23-20(25-13-9-19-4-2-3-12-24-19)26-16-21(10-14-27-15-11-21)17-5-7-18(22)8-6-17;/h2-8,12H,9-11,13-16H2,1H3,(H2,23,25,26);1H. The minimum atomic E-state index is -0.207. The van der Waals surface area contributed by atoms with Crippen LogP contribution in [0, 0.1) is 5.82 Å². The van der Waals surface area contributed by atoms with E-state index in [9.17, 15) is 4.39 Å². The SMILES string of the molecule is CN=C(NCCc1ccccn1)NCC1(c2ccc(F)cc2)CCOCC1.I. The number of guanidine groups is 1. The number of hydrogen-bond donors (Lipinski definition) is 2. The van der Waals surface area contributed by atoms with Crippen LogP contribution in [0.5, 0.6) is 0 Å². The topological polar surface area (TPSA) is 58.5 Å². The van der Waals surface area contributed by atoms with Crippen molar-refractivity contribution in [3.8, 4) is 0 Å². The van der Waals surface area contributed by atoms with Crippen molar-refractivity contribution >= 4 is 29.9 Å². The van der Waals surface area contributed by atoms with Crippen LogP contribution in [0.25, 0.3) is 0 Å². The van der Waals surface area contributed by atoms with E-state index in [1.807, 2.05) is 30.3 Å². The van der Waals surface area contributed by atoms with Crippen molar-refractivity contribution in [2.24, 2.45) is 4.99 Å². The highest BCUT2D eigenvalue weighted by molar-refractivity contribution is 14.0. The Balaban J connectivity index is 0.00000280. The lowest BCUT2D eigenvalue weighted by molar-refractivity contribution is 0.0513. The van der Waals surface area contributed by atoms with Crippen LogP contribution in [0.15, 0.2) is 53.7 Å². The predicted octanol–water partition coefficient (Wildman–Crippen LogP) is 3.29. The minimum Gasteiger partial charge on any atom is -0.381 e. The molecule has 1 fully saturated rings. The molecule has 0 radical (unpaired) electrons. The maximum atomic E-state index is 13.4. The van der Waals surface area contributed by atoms with Crippen LogP contribution in [-0.2, 0) is 16.6 Å². The first-order valence-corrected chi connectivity index (χ1v) is 9.40. The van der Waals surface area contributed by atoms with E-state index in [0.717, 1.165) is 49.6 Å². The Morgan fingerprint density at radius 2 is 1.89 bits per heavy atom. The molecule has 5 nitrogen and oxygen atoms in total. The normalized spacial score (nSPS) is 16.1. The van der Waals surface area contributed by atoms with Gasteiger partial charge in [0.2, 0.25) is 0 Å². The number of ether oxygens (including phenoxy) is 1. The number of hydrogen-bond acceptors (Lipinski definition) is 3. The van der Waals surface area contributed by atoms with Gasteiger partial charge < -0.3 is 15.4 Å². The Bertz CT molecular complexity index is 734. The van der Waals surface area contributed by atoms with E-state index in [0.29, 0.717) is 13.2 Å². The Kier molecular flexibility index (Phi) is 9.11. The summed E-state index contributed by atoms with van der Waals surface area (Å²) in [5, 5.41) is 6.79. The average molecular weight is 498 g/mol. The minimum absolute atomic E-state index is 0. The van der Waals surface area contributed by atoms with Crippen LogP contribution in [0.3, 0.4) is 0 Å². The summed E-state index contributed by atoms with van der Waals surface area (Å²) in [5.41, 5.74) is 2.11. The van der Waals surface area contributed by atoms with Crippen LogP contribution in [0.2, 0.25) is 0 Å². The highest BCUT2D eigenvalue weighted by atomic mass is 127. The lowest BCUT2D eigenvalue weighted by atomic mass is 9.74. The molecule has 152 valence electrons. The number of rotatable bonds is 6. The van der Waals surface area contributed by atoms with Gasteiger partial charge in [-0.1, -0.05) is 18.2 Å². The van der Waals surface area contributed by atoms with Crippen molar-refractivity contribution in [1.82, 2.24) is 15.6 Å². The fraction of sp³-hybridized carbons (Fsp3) is 0.429. The van der Waals surface area contributed by atoms with Crippen molar-refractivity contribution in [1.29, 1.82) is 0 Å². The summed E-state index contributed by atoms with van der Waals surface area (Å²) in [6, 6.07) is 12.8. The maximum absolute atomic E-state index is 13.4. The molecule has 0 aliphatic carbocycles. The van der Waals surface area contributed by atoms with Gasteiger partial charge in [-0.15, -0.1) is 24.0 Å². The second kappa shape index (κ2) is 11.3. The van der Waals surface area contributed by atoms with Gasteiger partial charge in [-0.05, 0) is 42.7 Å². The quantitative estimate of drug-likeness (QED) is 0.365. The van der Waals surface area contributed by atoms with E-state index < -0.39 is 0 Å². The van der Waals surface area contributed by atoms with Crippen LogP contribution in [-0.4, -0.2) is 44.3 Å². The molecule has 1 aromatic heterocycles. The monoisotopic (exact) mass is 498 g/mol. The molecule has 2 aromatic rings. The molecule has 7 heteroatoms. The molecule has 3 rings (SSSR count). The molecule has 0 spiro atoms. The van der Waals surface area contributed by atoms with Crippen molar-refractivity contribution < 1.29 is 9.13 Å². The molecule has 1 aliphatic rings. The summed E-state index contributed by atoms with van der Waals surface area (Å²) in [5.74, 6) is 0.555. The van der Waals surface area contributed by atoms with Gasteiger partial charge in [0, 0.05) is 57.1 Å². The van der Waals surface area contributed by atoms with Gasteiger partial charge in [0.15, 0.2) is 5.96 Å². The molecular formula is C21H28FIN4O. The van der Waals surface area contributed by atoms with E-state index in [1.54, 1.807) is 13.2 Å². The molecule has 0 bridgehead atoms. The fourth-order valence-electron chi connectivity index (χ4n) is 3.46. The molecule has 0 amide bonds. The van der Waals surface area contributed by atoms with Gasteiger partial charge in [0.25, 0.3) is 0 Å². The zero-order valence-electron chi connectivity index (χ0n) is 16.2. The largest absolute Gasteiger partial charge is 0.381 e. The molecule has 2 heterocycles. The molecule has 1 aromatic carbocycles. The van der Waals surface area contributed by atoms with Crippen LogP contribution in [0.4, 0.5) is 4.39 Å². The molecule has 28 heavy (non-hydrogen) atoms. The molecule has 0 saturated carbocycles. The maximum Gasteiger partial charge on any atom is 0.191 e. The van der Waals surface area contributed by atoms with Gasteiger partial charge >= 0.3 is 0 Å². The Labute approximate surface area is 183 Å². The molecule has 0 unspecified atom stereocenters. The number of nitrogens with zero attached hydrogens (tertiary/aromatic N) is 2. The molecule has 1 aliphatic heterocycles. The van der Waals surface area contributed by atoms with Crippen LogP contribution < -0.4 is 10.6 Å². The van der Waals surface area contributed by atoms with E-state index in [1.165, 1.54) is 12.1 Å². The lowest BCUT2D eigenvalue weighted by Gasteiger charge is -2.38. The first-order chi connectivity index (χ1) is 13.2. The average Bonchev–Trinajstić information content (AvgIpc) is 2.72. The van der Waals surface area contributed by atoms with Crippen molar-refractivity contribution in [2.75, 3.05) is 33.4 Å². The summed E-state index contributed by atoms with van der Waals surface area (Å²) < 4.78 is 18.9. The highest BCUT2D eigenvalue weighted by Crippen LogP contribution is 2.34. The smallest absolute Gasteiger partial charge is 0.191 e. The Morgan fingerprint density at radius 1 is 1.14 bits per heavy atom. The summed E-state index contributed by atoms with van der Waals surface area (Å²) in [6.45, 7) is 2.91. The zero-order valence-corrected chi connectivity index (χ0v) is 18.5. The third kappa shape index (κ3) is 6.13. The third-order valence-electron chi connectivity index (χ3n) is 5.12. The second-order valence-electron chi connectivity index (χ2n) is 6.82. The fourth-order valence-corrected chi connectivity index (χ4v) is 3.46. The van der Waals surface area contributed by atoms with E-state index >= 15 is 0 Å². The van der Waals surface area contributed by atoms with E-state index in [2.05, 4.69) is 20.6 Å². The lowest BCUT2D eigenvalue weighted by Crippen LogP contribution is -2.48. The van der Waals surface area contributed by atoms with Gasteiger partial charge in [-0.25, -0.2) is 4.39 Å². The summed E-state index contributed by atoms with van der Waals surface area (Å²) in [4.78, 5) is 8.66. The van der Waals surface area contributed by atoms with Crippen molar-refractivity contribution in [2.45, 2.75) is 24.7 Å². The summed E-state index contributed by atoms with van der Waals surface area (Å²) >= 11 is 0. The zero-order chi connectivity index (χ0) is 19.0. The van der Waals surface area contributed by atoms with Crippen LogP contribution in [0.1, 0.15) is 24.1 Å². The Hall–Kier alpha value is -1.74. The summed E-state index contributed by atoms with van der Waals surface area (Å²) in [7, 11) is 1.77. The summed E-state index contributed by atoms with van der Waals surface area (Å²) in [6.07, 6.45) is 4.44. The van der Waals surface area contributed by atoms with Gasteiger partial charge in [0.1, 0.15) is 5.82 Å². The van der Waals surface area contributed by atoms with Gasteiger partial charge in [-0.2, -0.15) is 0 Å². The first-order valence-electron chi connectivity index (χ1n) is 9.40. The van der Waals surface area contributed by atoms with Crippen LogP contribution >= 0.6 is 24.0 Å². The second-order valence-corrected chi connectivity index (χ2v) is 6.82. The molecule has 0 atom stereocenters. The van der Waals surface area contributed by atoms with Gasteiger partial charge in [0.05, 0.1) is 0 Å².